The van der Waals surface area contributed by atoms with Gasteiger partial charge in [0.1, 0.15) is 23.9 Å². The molecule has 7 nitrogen and oxygen atoms in total. The molecule has 15 atom stereocenters. The van der Waals surface area contributed by atoms with Gasteiger partial charge in [0.15, 0.2) is 11.4 Å². The SMILES string of the molecule is C=C(C)[C@H]1OC2CC[C@@]3(C)[C@@](O)(CCC4[C@@H]5OC(C)(CC)[C@H]6C[C@@H]7C(C)C(=O)c8ccc9[nH]c(c5c9c8[C@@H]76)[C@@]43C)[C@]23O[C@@H]3[C@H]1O. The fourth-order valence-electron chi connectivity index (χ4n) is 13.1. The Hall–Kier alpha value is -2.03. The molecule has 8 aliphatic rings. The Balaban J connectivity index is 1.19. The number of aromatic nitrogens is 1. The summed E-state index contributed by atoms with van der Waals surface area (Å²) in [4.78, 5) is 17.8. The lowest BCUT2D eigenvalue weighted by molar-refractivity contribution is -0.275. The maximum atomic E-state index is 13.8. The van der Waals surface area contributed by atoms with Crippen LogP contribution in [0.15, 0.2) is 24.3 Å². The Morgan fingerprint density at radius 1 is 1.11 bits per heavy atom. The van der Waals surface area contributed by atoms with Crippen molar-refractivity contribution in [1.29, 1.82) is 0 Å². The van der Waals surface area contributed by atoms with E-state index in [0.29, 0.717) is 30.0 Å². The highest BCUT2D eigenvalue weighted by atomic mass is 16.7. The van der Waals surface area contributed by atoms with Gasteiger partial charge in [0.2, 0.25) is 0 Å². The van der Waals surface area contributed by atoms with Crippen molar-refractivity contribution >= 4 is 16.7 Å². The number of hydrogen-bond donors (Lipinski definition) is 3. The lowest BCUT2D eigenvalue weighted by atomic mass is 9.40. The van der Waals surface area contributed by atoms with Crippen molar-refractivity contribution in [3.05, 3.63) is 46.7 Å². The van der Waals surface area contributed by atoms with Gasteiger partial charge in [-0.3, -0.25) is 4.79 Å². The maximum absolute atomic E-state index is 13.8. The van der Waals surface area contributed by atoms with Crippen LogP contribution >= 0.6 is 0 Å². The first-order valence-electron chi connectivity index (χ1n) is 17.6. The summed E-state index contributed by atoms with van der Waals surface area (Å²) >= 11 is 0. The first kappa shape index (κ1) is 28.0. The van der Waals surface area contributed by atoms with Crippen LogP contribution in [0.1, 0.15) is 119 Å². The van der Waals surface area contributed by atoms with Gasteiger partial charge in [-0.05, 0) is 93.4 Å². The van der Waals surface area contributed by atoms with Gasteiger partial charge in [0, 0.05) is 50.4 Å². The number of aromatic amines is 1. The minimum Gasteiger partial charge on any atom is -0.387 e. The molecule has 7 heteroatoms. The number of H-pyrrole nitrogens is 1. The highest BCUT2D eigenvalue weighted by molar-refractivity contribution is 6.07. The van der Waals surface area contributed by atoms with E-state index >= 15 is 0 Å². The number of aliphatic hydroxyl groups is 2. The molecule has 1 aromatic heterocycles. The number of benzene rings is 1. The van der Waals surface area contributed by atoms with Crippen LogP contribution < -0.4 is 0 Å². The lowest BCUT2D eigenvalue weighted by Gasteiger charge is -2.66. The van der Waals surface area contributed by atoms with E-state index in [0.717, 1.165) is 48.8 Å². The third kappa shape index (κ3) is 2.65. The molecule has 240 valence electrons. The summed E-state index contributed by atoms with van der Waals surface area (Å²) in [6, 6.07) is 4.20. The van der Waals surface area contributed by atoms with Crippen LogP contribution in [0.2, 0.25) is 0 Å². The van der Waals surface area contributed by atoms with Crippen molar-refractivity contribution in [2.75, 3.05) is 0 Å². The molecule has 10 rings (SSSR count). The Kier molecular flexibility index (Phi) is 4.97. The number of carbonyl (C=O) groups is 1. The first-order valence-corrected chi connectivity index (χ1v) is 17.6. The summed E-state index contributed by atoms with van der Waals surface area (Å²) in [5.41, 5.74) is 2.99. The van der Waals surface area contributed by atoms with Gasteiger partial charge in [-0.2, -0.15) is 0 Å². The van der Waals surface area contributed by atoms with Crippen molar-refractivity contribution in [2.45, 2.75) is 139 Å². The number of fused-ring (bicyclic) bond motifs is 5. The molecule has 5 fully saturated rings. The third-order valence-electron chi connectivity index (χ3n) is 15.9. The summed E-state index contributed by atoms with van der Waals surface area (Å²) in [7, 11) is 0. The number of hydrogen-bond acceptors (Lipinski definition) is 6. The average Bonchev–Trinajstić information content (AvgIpc) is 3.57. The van der Waals surface area contributed by atoms with E-state index in [1.807, 2.05) is 6.92 Å². The van der Waals surface area contributed by atoms with Gasteiger partial charge in [0.05, 0.1) is 17.8 Å². The molecule has 2 aromatic rings. The normalized spacial score (nSPS) is 54.6. The second-order valence-electron chi connectivity index (χ2n) is 17.0. The van der Waals surface area contributed by atoms with Crippen LogP contribution in [-0.4, -0.2) is 62.2 Å². The molecule has 0 bridgehead atoms. The number of rotatable bonds is 2. The molecule has 1 aromatic carbocycles. The quantitative estimate of drug-likeness (QED) is 0.283. The fourth-order valence-corrected chi connectivity index (χ4v) is 13.1. The molecule has 4 unspecified atom stereocenters. The Morgan fingerprint density at radius 3 is 2.62 bits per heavy atom. The van der Waals surface area contributed by atoms with Crippen LogP contribution in [-0.2, 0) is 19.6 Å². The van der Waals surface area contributed by atoms with Crippen molar-refractivity contribution in [2.24, 2.45) is 29.1 Å². The Morgan fingerprint density at radius 2 is 1.89 bits per heavy atom. The van der Waals surface area contributed by atoms with Crippen LogP contribution in [0.25, 0.3) is 10.9 Å². The molecule has 1 spiro atoms. The number of epoxide rings is 1. The zero-order valence-corrected chi connectivity index (χ0v) is 27.4. The Bertz CT molecular complexity index is 1750. The molecular formula is C38H47NO6. The molecule has 0 amide bonds. The summed E-state index contributed by atoms with van der Waals surface area (Å²) in [5.74, 6) is 1.54. The monoisotopic (exact) mass is 613 g/mol. The van der Waals surface area contributed by atoms with E-state index in [1.54, 1.807) is 0 Å². The smallest absolute Gasteiger partial charge is 0.166 e. The average molecular weight is 614 g/mol. The number of aliphatic hydroxyl groups excluding tert-OH is 1. The van der Waals surface area contributed by atoms with Crippen molar-refractivity contribution < 1.29 is 29.2 Å². The van der Waals surface area contributed by atoms with Gasteiger partial charge < -0.3 is 29.4 Å². The largest absolute Gasteiger partial charge is 0.387 e. The summed E-state index contributed by atoms with van der Waals surface area (Å²) in [6.07, 6.45) is 2.59. The second-order valence-corrected chi connectivity index (χ2v) is 17.0. The van der Waals surface area contributed by atoms with Gasteiger partial charge in [0.25, 0.3) is 0 Å². The third-order valence-corrected chi connectivity index (χ3v) is 15.9. The van der Waals surface area contributed by atoms with Gasteiger partial charge in [-0.1, -0.05) is 34.3 Å². The molecule has 0 radical (unpaired) electrons. The maximum Gasteiger partial charge on any atom is 0.166 e. The molecule has 4 heterocycles. The van der Waals surface area contributed by atoms with Crippen molar-refractivity contribution in [3.63, 3.8) is 0 Å². The predicted octanol–water partition coefficient (Wildman–Crippen LogP) is 6.01. The number of carbonyl (C=O) groups excluding carboxylic acids is 1. The van der Waals surface area contributed by atoms with Crippen LogP contribution in [0, 0.1) is 29.1 Å². The van der Waals surface area contributed by atoms with E-state index in [-0.39, 0.29) is 29.6 Å². The van der Waals surface area contributed by atoms with Crippen LogP contribution in [0.3, 0.4) is 0 Å². The molecule has 3 saturated carbocycles. The van der Waals surface area contributed by atoms with Crippen LogP contribution in [0.5, 0.6) is 0 Å². The number of ether oxygens (including phenoxy) is 3. The molecule has 2 saturated heterocycles. The van der Waals surface area contributed by atoms with Crippen molar-refractivity contribution in [1.82, 2.24) is 4.98 Å². The fraction of sp³-hybridized carbons (Fsp3) is 0.711. The zero-order valence-electron chi connectivity index (χ0n) is 27.4. The predicted molar refractivity (Wildman–Crippen MR) is 168 cm³/mol. The van der Waals surface area contributed by atoms with Crippen LogP contribution in [0.4, 0.5) is 0 Å². The summed E-state index contributed by atoms with van der Waals surface area (Å²) in [6.45, 7) is 17.3. The lowest BCUT2D eigenvalue weighted by Crippen LogP contribution is -2.76. The van der Waals surface area contributed by atoms with Crippen molar-refractivity contribution in [3.8, 4) is 0 Å². The molecular weight excluding hydrogens is 566 g/mol. The molecule has 5 aliphatic carbocycles. The number of ketones is 1. The van der Waals surface area contributed by atoms with E-state index in [2.05, 4.69) is 58.3 Å². The number of nitrogens with one attached hydrogen (secondary N) is 1. The molecule has 3 N–H and O–H groups in total. The van der Waals surface area contributed by atoms with E-state index in [1.165, 1.54) is 22.2 Å². The van der Waals surface area contributed by atoms with Gasteiger partial charge in [-0.15, -0.1) is 0 Å². The second kappa shape index (κ2) is 7.98. The topological polar surface area (TPSA) is 104 Å². The van der Waals surface area contributed by atoms with E-state index in [4.69, 9.17) is 14.2 Å². The Labute approximate surface area is 265 Å². The highest BCUT2D eigenvalue weighted by Crippen LogP contribution is 2.77. The minimum absolute atomic E-state index is 0.0343. The highest BCUT2D eigenvalue weighted by Gasteiger charge is 2.87. The molecule has 45 heavy (non-hydrogen) atoms. The van der Waals surface area contributed by atoms with E-state index < -0.39 is 40.3 Å². The summed E-state index contributed by atoms with van der Waals surface area (Å²) in [5, 5.41) is 25.8. The first-order chi connectivity index (χ1) is 21.3. The molecule has 3 aliphatic heterocycles. The van der Waals surface area contributed by atoms with Gasteiger partial charge >= 0.3 is 0 Å². The number of Topliss-reactive ketones (excluding diaryl/α,β-unsaturated/α-hetero) is 1. The minimum atomic E-state index is -1.20. The van der Waals surface area contributed by atoms with E-state index in [9.17, 15) is 15.0 Å². The summed E-state index contributed by atoms with van der Waals surface area (Å²) < 4.78 is 20.6. The standard InChI is InChI=1S/C38H47NO6/c1-8-34(5)21-15-19-17(4)28(40)18-9-10-22-26(25(18)24(19)21)27-31(44-34)20-11-14-37(42)35(6,36(20,7)32(27)39-22)13-12-23-38(37)33(45-38)29(41)30(43-23)16(2)3/h9-10,17,19-21,23-24,29-31,33,39,41-42H,2,8,11-15H2,1,3-7H3/t17?,19-,20?,21+,23?,24+,29+,30-,31+,33-,34?,35-,36-,37+,38+/m1/s1. The zero-order chi connectivity index (χ0) is 31.4. The van der Waals surface area contributed by atoms with Gasteiger partial charge in [-0.25, -0.2) is 0 Å².